The number of rotatable bonds is 5. The smallest absolute Gasteiger partial charge is 0.253 e. The molecule has 0 atom stereocenters. The lowest BCUT2D eigenvalue weighted by Crippen LogP contribution is -2.49. The van der Waals surface area contributed by atoms with Crippen molar-refractivity contribution in [2.45, 2.75) is 26.4 Å². The molecule has 3 rings (SSSR count). The predicted octanol–water partition coefficient (Wildman–Crippen LogP) is 1.15. The van der Waals surface area contributed by atoms with Crippen LogP contribution in [0.4, 0.5) is 0 Å². The molecule has 1 aromatic carbocycles. The Kier molecular flexibility index (Phi) is 5.60. The van der Waals surface area contributed by atoms with Gasteiger partial charge in [-0.1, -0.05) is 37.3 Å². The first-order chi connectivity index (χ1) is 12.2. The number of piperazine rings is 1. The van der Waals surface area contributed by atoms with Crippen molar-refractivity contribution in [2.75, 3.05) is 26.2 Å². The van der Waals surface area contributed by atoms with E-state index >= 15 is 0 Å². The van der Waals surface area contributed by atoms with E-state index in [4.69, 9.17) is 0 Å². The highest BCUT2D eigenvalue weighted by atomic mass is 16.2. The van der Waals surface area contributed by atoms with Crippen LogP contribution in [-0.2, 0) is 24.3 Å². The maximum absolute atomic E-state index is 12.5. The van der Waals surface area contributed by atoms with Crippen molar-refractivity contribution in [3.8, 4) is 0 Å². The minimum Gasteiger partial charge on any atom is -0.339 e. The lowest BCUT2D eigenvalue weighted by Gasteiger charge is -2.34. The van der Waals surface area contributed by atoms with Crippen molar-refractivity contribution >= 4 is 5.91 Å². The second kappa shape index (κ2) is 8.07. The van der Waals surface area contributed by atoms with Crippen LogP contribution in [-0.4, -0.2) is 51.4 Å². The summed E-state index contributed by atoms with van der Waals surface area (Å²) in [6, 6.07) is 11.9. The standard InChI is InChI=1S/C19H24N4O2/c1-2-17-12-18(24)23(15-20-17)14-19(25)22-10-8-21(9-11-22)13-16-6-4-3-5-7-16/h3-7,12,15H,2,8-11,13-14H2,1H3. The number of carbonyl (C=O) groups is 1. The molecule has 0 radical (unpaired) electrons. The average molecular weight is 340 g/mol. The molecule has 132 valence electrons. The van der Waals surface area contributed by atoms with Gasteiger partial charge in [-0.2, -0.15) is 0 Å². The van der Waals surface area contributed by atoms with Gasteiger partial charge in [-0.05, 0) is 12.0 Å². The Morgan fingerprint density at radius 2 is 1.84 bits per heavy atom. The molecule has 0 bridgehead atoms. The number of aromatic nitrogens is 2. The summed E-state index contributed by atoms with van der Waals surface area (Å²) in [7, 11) is 0. The maximum Gasteiger partial charge on any atom is 0.253 e. The maximum atomic E-state index is 12.5. The van der Waals surface area contributed by atoms with Crippen molar-refractivity contribution < 1.29 is 4.79 Å². The van der Waals surface area contributed by atoms with Crippen LogP contribution in [0.1, 0.15) is 18.2 Å². The molecule has 1 aromatic heterocycles. The summed E-state index contributed by atoms with van der Waals surface area (Å²) < 4.78 is 1.39. The molecule has 1 amide bonds. The second-order valence-corrected chi connectivity index (χ2v) is 6.34. The summed E-state index contributed by atoms with van der Waals surface area (Å²) in [4.78, 5) is 32.9. The number of aryl methyl sites for hydroxylation is 1. The van der Waals surface area contributed by atoms with Crippen LogP contribution >= 0.6 is 0 Å². The number of benzene rings is 1. The normalized spacial score (nSPS) is 15.3. The lowest BCUT2D eigenvalue weighted by atomic mass is 10.2. The third kappa shape index (κ3) is 4.54. The van der Waals surface area contributed by atoms with Gasteiger partial charge in [-0.15, -0.1) is 0 Å². The van der Waals surface area contributed by atoms with E-state index in [1.165, 1.54) is 22.5 Å². The molecule has 2 heterocycles. The molecule has 0 saturated carbocycles. The Labute approximate surface area is 147 Å². The summed E-state index contributed by atoms with van der Waals surface area (Å²) in [6.45, 7) is 6.01. The Bertz CT molecular complexity index is 764. The topological polar surface area (TPSA) is 58.4 Å². The first kappa shape index (κ1) is 17.4. The van der Waals surface area contributed by atoms with Crippen LogP contribution in [0.15, 0.2) is 47.5 Å². The number of hydrogen-bond donors (Lipinski definition) is 0. The van der Waals surface area contributed by atoms with E-state index in [1.807, 2.05) is 30.0 Å². The van der Waals surface area contributed by atoms with Crippen LogP contribution in [0.5, 0.6) is 0 Å². The monoisotopic (exact) mass is 340 g/mol. The van der Waals surface area contributed by atoms with Gasteiger partial charge in [0.2, 0.25) is 5.91 Å². The number of carbonyl (C=O) groups excluding carboxylic acids is 1. The largest absolute Gasteiger partial charge is 0.339 e. The Morgan fingerprint density at radius 3 is 2.48 bits per heavy atom. The summed E-state index contributed by atoms with van der Waals surface area (Å²) in [6.07, 6.45) is 2.19. The number of nitrogens with zero attached hydrogens (tertiary/aromatic N) is 4. The first-order valence-corrected chi connectivity index (χ1v) is 8.75. The lowest BCUT2D eigenvalue weighted by molar-refractivity contribution is -0.133. The molecule has 0 N–H and O–H groups in total. The molecule has 1 aliphatic heterocycles. The van der Waals surface area contributed by atoms with E-state index in [0.29, 0.717) is 19.5 Å². The second-order valence-electron chi connectivity index (χ2n) is 6.34. The summed E-state index contributed by atoms with van der Waals surface area (Å²) in [5.41, 5.74) is 1.88. The summed E-state index contributed by atoms with van der Waals surface area (Å²) >= 11 is 0. The zero-order valence-corrected chi connectivity index (χ0v) is 14.6. The zero-order valence-electron chi connectivity index (χ0n) is 14.6. The molecule has 0 aliphatic carbocycles. The van der Waals surface area contributed by atoms with Crippen molar-refractivity contribution in [3.05, 3.63) is 64.3 Å². The molecule has 2 aromatic rings. The van der Waals surface area contributed by atoms with Gasteiger partial charge >= 0.3 is 0 Å². The highest BCUT2D eigenvalue weighted by Gasteiger charge is 2.21. The highest BCUT2D eigenvalue weighted by Crippen LogP contribution is 2.08. The van der Waals surface area contributed by atoms with Gasteiger partial charge in [0.05, 0.1) is 6.33 Å². The highest BCUT2D eigenvalue weighted by molar-refractivity contribution is 5.76. The van der Waals surface area contributed by atoms with E-state index in [0.717, 1.165) is 25.3 Å². The number of hydrogen-bond acceptors (Lipinski definition) is 4. The fraction of sp³-hybridized carbons (Fsp3) is 0.421. The molecule has 1 aliphatic rings. The third-order valence-electron chi connectivity index (χ3n) is 4.58. The molecule has 1 fully saturated rings. The molecular formula is C19H24N4O2. The van der Waals surface area contributed by atoms with Gasteiger partial charge < -0.3 is 4.90 Å². The van der Waals surface area contributed by atoms with Gasteiger partial charge in [0.25, 0.3) is 5.56 Å². The quantitative estimate of drug-likeness (QED) is 0.819. The minimum atomic E-state index is -0.164. The fourth-order valence-corrected chi connectivity index (χ4v) is 3.02. The summed E-state index contributed by atoms with van der Waals surface area (Å²) in [5.74, 6) is -0.0208. The third-order valence-corrected chi connectivity index (χ3v) is 4.58. The average Bonchev–Trinajstić information content (AvgIpc) is 2.64. The van der Waals surface area contributed by atoms with Gasteiger partial charge in [-0.3, -0.25) is 19.1 Å². The van der Waals surface area contributed by atoms with Crippen LogP contribution in [0.2, 0.25) is 0 Å². The van der Waals surface area contributed by atoms with E-state index < -0.39 is 0 Å². The van der Waals surface area contributed by atoms with Crippen molar-refractivity contribution in [1.29, 1.82) is 0 Å². The fourth-order valence-electron chi connectivity index (χ4n) is 3.02. The van der Waals surface area contributed by atoms with Gasteiger partial charge in [0, 0.05) is 44.5 Å². The van der Waals surface area contributed by atoms with E-state index in [1.54, 1.807) is 0 Å². The van der Waals surface area contributed by atoms with Crippen LogP contribution in [0.3, 0.4) is 0 Å². The van der Waals surface area contributed by atoms with Gasteiger partial charge in [0.1, 0.15) is 6.54 Å². The molecule has 0 spiro atoms. The van der Waals surface area contributed by atoms with Crippen LogP contribution < -0.4 is 5.56 Å². The van der Waals surface area contributed by atoms with Gasteiger partial charge in [0.15, 0.2) is 0 Å². The number of amides is 1. The molecular weight excluding hydrogens is 316 g/mol. The Balaban J connectivity index is 1.52. The molecule has 6 heteroatoms. The molecule has 25 heavy (non-hydrogen) atoms. The first-order valence-electron chi connectivity index (χ1n) is 8.75. The molecule has 1 saturated heterocycles. The van der Waals surface area contributed by atoms with Crippen LogP contribution in [0.25, 0.3) is 0 Å². The SMILES string of the molecule is CCc1cc(=O)n(CC(=O)N2CCN(Cc3ccccc3)CC2)cn1. The van der Waals surface area contributed by atoms with Gasteiger partial charge in [-0.25, -0.2) is 4.98 Å². The zero-order chi connectivity index (χ0) is 17.6. The van der Waals surface area contributed by atoms with E-state index in [9.17, 15) is 9.59 Å². The minimum absolute atomic E-state index is 0.0208. The van der Waals surface area contributed by atoms with E-state index in [-0.39, 0.29) is 18.0 Å². The van der Waals surface area contributed by atoms with Crippen molar-refractivity contribution in [3.63, 3.8) is 0 Å². The Morgan fingerprint density at radius 1 is 1.12 bits per heavy atom. The van der Waals surface area contributed by atoms with Crippen molar-refractivity contribution in [2.24, 2.45) is 0 Å². The predicted molar refractivity (Wildman–Crippen MR) is 96.2 cm³/mol. The van der Waals surface area contributed by atoms with Crippen LogP contribution in [0, 0.1) is 0 Å². The molecule has 0 unspecified atom stereocenters. The summed E-state index contributed by atoms with van der Waals surface area (Å²) in [5, 5.41) is 0. The molecule has 6 nitrogen and oxygen atoms in total. The Hall–Kier alpha value is -2.47. The van der Waals surface area contributed by atoms with Crippen molar-refractivity contribution in [1.82, 2.24) is 19.4 Å². The van der Waals surface area contributed by atoms with E-state index in [2.05, 4.69) is 22.0 Å².